The van der Waals surface area contributed by atoms with E-state index < -0.39 is 0 Å². The number of rotatable bonds is 6. The zero-order valence-electron chi connectivity index (χ0n) is 14.1. The normalized spacial score (nSPS) is 10.9. The first kappa shape index (κ1) is 16.7. The van der Waals surface area contributed by atoms with Gasteiger partial charge in [0.05, 0.1) is 23.5 Å². The van der Waals surface area contributed by atoms with E-state index in [-0.39, 0.29) is 17.5 Å². The van der Waals surface area contributed by atoms with Crippen LogP contribution in [0.5, 0.6) is 0 Å². The van der Waals surface area contributed by atoms with Crippen LogP contribution < -0.4 is 10.6 Å². The van der Waals surface area contributed by atoms with E-state index in [1.54, 1.807) is 35.1 Å². The highest BCUT2D eigenvalue weighted by Crippen LogP contribution is 2.21. The minimum Gasteiger partial charge on any atom is -0.459 e. The summed E-state index contributed by atoms with van der Waals surface area (Å²) in [6, 6.07) is 9.24. The smallest absolute Gasteiger partial charge is 0.287 e. The van der Waals surface area contributed by atoms with Gasteiger partial charge in [-0.05, 0) is 36.4 Å². The molecule has 4 aromatic rings. The highest BCUT2D eigenvalue weighted by molar-refractivity contribution is 5.91. The Bertz CT molecular complexity index is 1060. The number of amides is 1. The van der Waals surface area contributed by atoms with E-state index in [9.17, 15) is 9.18 Å². The molecule has 0 aliphatic heterocycles. The molecule has 0 aliphatic carbocycles. The van der Waals surface area contributed by atoms with E-state index in [1.807, 2.05) is 0 Å². The van der Waals surface area contributed by atoms with Gasteiger partial charge in [-0.15, -0.1) is 0 Å². The lowest BCUT2D eigenvalue weighted by Crippen LogP contribution is -2.28. The molecule has 3 heterocycles. The molecule has 0 radical (unpaired) electrons. The van der Waals surface area contributed by atoms with Crippen LogP contribution in [0.3, 0.4) is 0 Å². The Morgan fingerprint density at radius 1 is 1.15 bits per heavy atom. The molecule has 0 saturated heterocycles. The summed E-state index contributed by atoms with van der Waals surface area (Å²) in [5, 5.41) is 10.9. The molecule has 9 heteroatoms. The van der Waals surface area contributed by atoms with Crippen LogP contribution in [-0.4, -0.2) is 38.7 Å². The second-order valence-electron chi connectivity index (χ2n) is 5.65. The average molecular weight is 366 g/mol. The van der Waals surface area contributed by atoms with Crippen molar-refractivity contribution in [2.45, 2.75) is 0 Å². The quantitative estimate of drug-likeness (QED) is 0.509. The van der Waals surface area contributed by atoms with Gasteiger partial charge in [0.25, 0.3) is 5.91 Å². The van der Waals surface area contributed by atoms with Gasteiger partial charge in [0, 0.05) is 13.1 Å². The summed E-state index contributed by atoms with van der Waals surface area (Å²) in [7, 11) is 0. The van der Waals surface area contributed by atoms with Gasteiger partial charge in [-0.1, -0.05) is 0 Å². The third-order valence-electron chi connectivity index (χ3n) is 3.88. The van der Waals surface area contributed by atoms with E-state index in [1.165, 1.54) is 24.7 Å². The molecule has 0 saturated carbocycles. The third-order valence-corrected chi connectivity index (χ3v) is 3.88. The number of fused-ring (bicyclic) bond motifs is 1. The van der Waals surface area contributed by atoms with Crippen molar-refractivity contribution < 1.29 is 13.6 Å². The van der Waals surface area contributed by atoms with Gasteiger partial charge in [0.1, 0.15) is 18.0 Å². The average Bonchev–Trinajstić information content (AvgIpc) is 3.36. The summed E-state index contributed by atoms with van der Waals surface area (Å²) in [6.45, 7) is 0.845. The first-order chi connectivity index (χ1) is 13.2. The van der Waals surface area contributed by atoms with Crippen molar-refractivity contribution in [3.05, 3.63) is 66.8 Å². The maximum Gasteiger partial charge on any atom is 0.287 e. The molecule has 0 bridgehead atoms. The molecule has 0 aliphatic rings. The van der Waals surface area contributed by atoms with Gasteiger partial charge < -0.3 is 15.1 Å². The van der Waals surface area contributed by atoms with Crippen molar-refractivity contribution in [2.75, 3.05) is 18.4 Å². The van der Waals surface area contributed by atoms with Crippen LogP contribution in [0.1, 0.15) is 10.6 Å². The Morgan fingerprint density at radius 3 is 2.78 bits per heavy atom. The monoisotopic (exact) mass is 366 g/mol. The fourth-order valence-electron chi connectivity index (χ4n) is 2.61. The van der Waals surface area contributed by atoms with Gasteiger partial charge in [0.2, 0.25) is 0 Å². The molecule has 1 amide bonds. The summed E-state index contributed by atoms with van der Waals surface area (Å²) in [4.78, 5) is 20.3. The van der Waals surface area contributed by atoms with Crippen molar-refractivity contribution in [1.29, 1.82) is 0 Å². The van der Waals surface area contributed by atoms with E-state index in [0.29, 0.717) is 30.2 Å². The number of hydrogen-bond donors (Lipinski definition) is 2. The number of carbonyl (C=O) groups is 1. The number of furan rings is 1. The van der Waals surface area contributed by atoms with E-state index in [2.05, 4.69) is 25.7 Å². The van der Waals surface area contributed by atoms with Crippen LogP contribution in [0.15, 0.2) is 59.6 Å². The Morgan fingerprint density at radius 2 is 2.00 bits per heavy atom. The van der Waals surface area contributed by atoms with E-state index in [0.717, 1.165) is 5.39 Å². The molecule has 0 unspecified atom stereocenters. The molecule has 0 atom stereocenters. The van der Waals surface area contributed by atoms with Crippen molar-refractivity contribution in [1.82, 2.24) is 25.1 Å². The molecule has 0 spiro atoms. The Labute approximate surface area is 153 Å². The number of aromatic nitrogens is 4. The minimum absolute atomic E-state index is 0.264. The second kappa shape index (κ2) is 7.24. The summed E-state index contributed by atoms with van der Waals surface area (Å²) in [5.74, 6) is 0.267. The first-order valence-corrected chi connectivity index (χ1v) is 8.22. The third kappa shape index (κ3) is 3.47. The highest BCUT2D eigenvalue weighted by Gasteiger charge is 2.11. The van der Waals surface area contributed by atoms with Crippen molar-refractivity contribution in [3.8, 4) is 5.69 Å². The molecular formula is C18H15FN6O2. The van der Waals surface area contributed by atoms with Crippen LogP contribution in [0.25, 0.3) is 16.7 Å². The summed E-state index contributed by atoms with van der Waals surface area (Å²) in [5.41, 5.74) is 1.29. The zero-order chi connectivity index (χ0) is 18.6. The van der Waals surface area contributed by atoms with E-state index in [4.69, 9.17) is 4.42 Å². The largest absolute Gasteiger partial charge is 0.459 e. The molecule has 2 N–H and O–H groups in total. The van der Waals surface area contributed by atoms with Gasteiger partial charge in [-0.25, -0.2) is 19.0 Å². The number of benzene rings is 1. The van der Waals surface area contributed by atoms with Gasteiger partial charge in [0.15, 0.2) is 11.4 Å². The second-order valence-corrected chi connectivity index (χ2v) is 5.65. The molecule has 1 aromatic carbocycles. The fraction of sp³-hybridized carbons (Fsp3) is 0.111. The number of hydrogen-bond acceptors (Lipinski definition) is 6. The van der Waals surface area contributed by atoms with Gasteiger partial charge in [-0.3, -0.25) is 4.79 Å². The SMILES string of the molecule is O=C(NCCNc1ncnc2c1cnn2-c1ccc(F)cc1)c1ccco1. The summed E-state index contributed by atoms with van der Waals surface area (Å²) < 4.78 is 19.8. The Kier molecular flexibility index (Phi) is 4.48. The highest BCUT2D eigenvalue weighted by atomic mass is 19.1. The van der Waals surface area contributed by atoms with Crippen molar-refractivity contribution in [2.24, 2.45) is 0 Å². The fourth-order valence-corrected chi connectivity index (χ4v) is 2.61. The number of carbonyl (C=O) groups excluding carboxylic acids is 1. The van der Waals surface area contributed by atoms with Crippen LogP contribution in [0.2, 0.25) is 0 Å². The topological polar surface area (TPSA) is 97.9 Å². The zero-order valence-corrected chi connectivity index (χ0v) is 14.1. The lowest BCUT2D eigenvalue weighted by atomic mass is 10.3. The molecule has 3 aromatic heterocycles. The molecule has 8 nitrogen and oxygen atoms in total. The number of halogens is 1. The maximum atomic E-state index is 13.1. The van der Waals surface area contributed by atoms with Crippen molar-refractivity contribution >= 4 is 22.8 Å². The van der Waals surface area contributed by atoms with Crippen LogP contribution in [0, 0.1) is 5.82 Å². The molecule has 27 heavy (non-hydrogen) atoms. The standard InChI is InChI=1S/C18H15FN6O2/c19-12-3-5-13(6-4-12)25-17-14(10-24-25)16(22-11-23-17)20-7-8-21-18(26)15-2-1-9-27-15/h1-6,9-11H,7-8H2,(H,21,26)(H,20,22,23). The molecule has 136 valence electrons. The first-order valence-electron chi connectivity index (χ1n) is 8.22. The van der Waals surface area contributed by atoms with Crippen LogP contribution in [-0.2, 0) is 0 Å². The van der Waals surface area contributed by atoms with Gasteiger partial charge >= 0.3 is 0 Å². The summed E-state index contributed by atoms with van der Waals surface area (Å²) in [6.07, 6.45) is 4.51. The van der Waals surface area contributed by atoms with Gasteiger partial charge in [-0.2, -0.15) is 5.10 Å². The van der Waals surface area contributed by atoms with E-state index >= 15 is 0 Å². The Hall–Kier alpha value is -3.75. The van der Waals surface area contributed by atoms with Crippen LogP contribution in [0.4, 0.5) is 10.2 Å². The predicted molar refractivity (Wildman–Crippen MR) is 96.1 cm³/mol. The Balaban J connectivity index is 1.45. The lowest BCUT2D eigenvalue weighted by Gasteiger charge is -2.07. The number of anilines is 1. The predicted octanol–water partition coefficient (Wildman–Crippen LogP) is 2.39. The number of nitrogens with one attached hydrogen (secondary N) is 2. The molecule has 0 fully saturated rings. The summed E-state index contributed by atoms with van der Waals surface area (Å²) >= 11 is 0. The molecule has 4 rings (SSSR count). The minimum atomic E-state index is -0.316. The van der Waals surface area contributed by atoms with Crippen LogP contribution >= 0.6 is 0 Å². The molecular weight excluding hydrogens is 351 g/mol. The maximum absolute atomic E-state index is 13.1. The van der Waals surface area contributed by atoms with Crippen molar-refractivity contribution in [3.63, 3.8) is 0 Å². The number of nitrogens with zero attached hydrogens (tertiary/aromatic N) is 4. The lowest BCUT2D eigenvalue weighted by molar-refractivity contribution is 0.0927.